The molecule has 0 radical (unpaired) electrons. The summed E-state index contributed by atoms with van der Waals surface area (Å²) in [5.74, 6) is 0.408. The number of rotatable bonds is 7. The molecule has 0 aliphatic carbocycles. The number of benzene rings is 6. The fraction of sp³-hybridized carbons (Fsp3) is 0.471. The largest absolute Gasteiger partial charge is 0.427 e. The van der Waals surface area contributed by atoms with E-state index in [9.17, 15) is 9.79 Å². The van der Waals surface area contributed by atoms with Gasteiger partial charge in [0.25, 0.3) is 0 Å². The van der Waals surface area contributed by atoms with E-state index in [1.165, 1.54) is 83.5 Å². The van der Waals surface area contributed by atoms with Crippen LogP contribution in [0.25, 0.3) is 55.6 Å². The highest BCUT2D eigenvalue weighted by Crippen LogP contribution is 2.56. The van der Waals surface area contributed by atoms with E-state index in [1.54, 1.807) is 0 Å². The lowest BCUT2D eigenvalue weighted by atomic mass is 9.69. The molecule has 0 saturated heterocycles. The molecule has 0 fully saturated rings. The van der Waals surface area contributed by atoms with Crippen LogP contribution in [-0.4, -0.2) is 9.79 Å². The summed E-state index contributed by atoms with van der Waals surface area (Å²) in [5, 5.41) is 0. The molecule has 0 spiro atoms. The van der Waals surface area contributed by atoms with E-state index in [0.717, 1.165) is 16.7 Å². The molecule has 386 valence electrons. The first-order chi connectivity index (χ1) is 32.6. The van der Waals surface area contributed by atoms with Gasteiger partial charge in [-0.15, -0.1) is 0 Å². The van der Waals surface area contributed by atoms with E-state index in [2.05, 4.69) is 257 Å². The zero-order chi connectivity index (χ0) is 54.3. The predicted molar refractivity (Wildman–Crippen MR) is 315 cm³/mol. The lowest BCUT2D eigenvalue weighted by molar-refractivity contribution is 0.375. The van der Waals surface area contributed by atoms with Gasteiger partial charge in [-0.05, 0) is 162 Å². The zero-order valence-corrected chi connectivity index (χ0v) is 50.0. The summed E-state index contributed by atoms with van der Waals surface area (Å²) >= 11 is 0. The summed E-state index contributed by atoms with van der Waals surface area (Å²) in [6, 6.07) is 39.7. The molecule has 6 rings (SSSR count). The van der Waals surface area contributed by atoms with Crippen molar-refractivity contribution in [1.82, 2.24) is 0 Å². The van der Waals surface area contributed by atoms with E-state index >= 15 is 0 Å². The first-order valence-corrected chi connectivity index (χ1v) is 27.6. The lowest BCUT2D eigenvalue weighted by Crippen LogP contribution is -2.20. The minimum Gasteiger partial charge on any atom is -0.427 e. The molecule has 0 aromatic heterocycles. The Bertz CT molecular complexity index is 2940. The Kier molecular flexibility index (Phi) is 15.2. The minimum absolute atomic E-state index is 0.0559. The summed E-state index contributed by atoms with van der Waals surface area (Å²) < 4.78 is 5.57. The van der Waals surface area contributed by atoms with Gasteiger partial charge in [0.15, 0.2) is 0 Å². The molecule has 0 atom stereocenters. The van der Waals surface area contributed by atoms with Crippen LogP contribution in [0.4, 0.5) is 0 Å². The van der Waals surface area contributed by atoms with Crippen molar-refractivity contribution in [3.8, 4) is 61.4 Å². The van der Waals surface area contributed by atoms with Gasteiger partial charge < -0.3 is 14.3 Å². The molecule has 0 amide bonds. The van der Waals surface area contributed by atoms with Crippen LogP contribution >= 0.6 is 8.60 Å². The van der Waals surface area contributed by atoms with Gasteiger partial charge in [-0.3, -0.25) is 0 Å². The van der Waals surface area contributed by atoms with Gasteiger partial charge in [0.2, 0.25) is 0 Å². The second-order valence-corrected chi connectivity index (χ2v) is 29.7. The predicted octanol–water partition coefficient (Wildman–Crippen LogP) is 20.0. The van der Waals surface area contributed by atoms with Crippen LogP contribution in [-0.2, 0) is 43.3 Å². The van der Waals surface area contributed by atoms with E-state index in [0.29, 0.717) is 5.75 Å². The third-order valence-electron chi connectivity index (χ3n) is 14.6. The number of hydrogen-bond acceptors (Lipinski definition) is 3. The molecule has 0 saturated carbocycles. The van der Waals surface area contributed by atoms with E-state index in [4.69, 9.17) is 4.52 Å². The maximum atomic E-state index is 10.1. The molecule has 3 nitrogen and oxygen atoms in total. The second-order valence-electron chi connectivity index (χ2n) is 29.0. The van der Waals surface area contributed by atoms with Crippen molar-refractivity contribution in [3.63, 3.8) is 0 Å². The first kappa shape index (κ1) is 56.8. The Balaban J connectivity index is 2.11. The molecule has 2 N–H and O–H groups in total. The smallest absolute Gasteiger partial charge is 0.391 e. The molecular weight excluding hydrogens is 896 g/mol. The third-order valence-corrected chi connectivity index (χ3v) is 14.9. The highest BCUT2D eigenvalue weighted by atomic mass is 31.2. The van der Waals surface area contributed by atoms with Crippen LogP contribution in [0, 0.1) is 0 Å². The van der Waals surface area contributed by atoms with Crippen molar-refractivity contribution < 1.29 is 14.3 Å². The quantitative estimate of drug-likeness (QED) is 0.157. The lowest BCUT2D eigenvalue weighted by Gasteiger charge is -2.35. The van der Waals surface area contributed by atoms with Crippen LogP contribution in [0.2, 0.25) is 0 Å². The van der Waals surface area contributed by atoms with Gasteiger partial charge in [-0.25, -0.2) is 0 Å². The van der Waals surface area contributed by atoms with Crippen LogP contribution in [0.1, 0.15) is 211 Å². The van der Waals surface area contributed by atoms with Gasteiger partial charge in [0.1, 0.15) is 5.75 Å². The maximum Gasteiger partial charge on any atom is 0.391 e. The molecule has 0 bridgehead atoms. The monoisotopic (exact) mass is 987 g/mol. The molecule has 0 unspecified atom stereocenters. The molecular formula is C68H91O3P. The maximum absolute atomic E-state index is 10.1. The number of hydrogen-bond donors (Lipinski definition) is 2. The average molecular weight is 987 g/mol. The average Bonchev–Trinajstić information content (AvgIpc) is 3.22. The molecule has 0 aliphatic heterocycles. The van der Waals surface area contributed by atoms with Crippen LogP contribution in [0.5, 0.6) is 5.75 Å². The Labute approximate surface area is 439 Å². The van der Waals surface area contributed by atoms with Crippen molar-refractivity contribution in [3.05, 3.63) is 148 Å². The van der Waals surface area contributed by atoms with Gasteiger partial charge in [0.05, 0.1) is 0 Å². The van der Waals surface area contributed by atoms with Crippen molar-refractivity contribution in [2.24, 2.45) is 0 Å². The molecule has 6 aromatic carbocycles. The summed E-state index contributed by atoms with van der Waals surface area (Å²) in [6.07, 6.45) is 0. The fourth-order valence-corrected chi connectivity index (χ4v) is 10.5. The van der Waals surface area contributed by atoms with Gasteiger partial charge in [0, 0.05) is 0 Å². The van der Waals surface area contributed by atoms with Crippen molar-refractivity contribution in [2.75, 3.05) is 0 Å². The summed E-state index contributed by atoms with van der Waals surface area (Å²) in [6.45, 7) is 56.1. The molecule has 6 aromatic rings. The van der Waals surface area contributed by atoms with Crippen LogP contribution < -0.4 is 4.52 Å². The van der Waals surface area contributed by atoms with E-state index in [1.807, 2.05) is 12.1 Å². The van der Waals surface area contributed by atoms with Crippen LogP contribution in [0.3, 0.4) is 0 Å². The summed E-state index contributed by atoms with van der Waals surface area (Å²) in [5.41, 5.74) is 21.0. The third kappa shape index (κ3) is 12.2. The van der Waals surface area contributed by atoms with E-state index in [-0.39, 0.29) is 43.3 Å². The molecule has 0 aliphatic rings. The fourth-order valence-electron chi connectivity index (χ4n) is 10.2. The van der Waals surface area contributed by atoms with E-state index < -0.39 is 8.60 Å². The van der Waals surface area contributed by atoms with Crippen molar-refractivity contribution in [1.29, 1.82) is 0 Å². The topological polar surface area (TPSA) is 49.7 Å². The van der Waals surface area contributed by atoms with Gasteiger partial charge >= 0.3 is 8.60 Å². The Morgan fingerprint density at radius 1 is 0.278 bits per heavy atom. The normalized spacial score (nSPS) is 13.5. The summed E-state index contributed by atoms with van der Waals surface area (Å²) in [7, 11) is -2.60. The minimum atomic E-state index is -2.60. The Morgan fingerprint density at radius 3 is 0.847 bits per heavy atom. The SMILES string of the molecule is CC(C)(C)c1ccc(-c2cc(-c3ccc(C(C)(C)C)cc3C(C)(C)C)c(-c3ccc(C(C)(C)C)cc3C(C)(C)C)c(-c3ccc(C(C)(C)C)cc3C(C)(C)C)c2-c2ccc(OP(O)O)cc2)c(C(C)(C)C)c1. The van der Waals surface area contributed by atoms with Crippen molar-refractivity contribution >= 4 is 8.60 Å². The Morgan fingerprint density at radius 2 is 0.556 bits per heavy atom. The molecule has 4 heteroatoms. The molecule has 72 heavy (non-hydrogen) atoms. The Hall–Kier alpha value is -4.53. The van der Waals surface area contributed by atoms with Crippen LogP contribution in [0.15, 0.2) is 103 Å². The zero-order valence-electron chi connectivity index (χ0n) is 49.1. The van der Waals surface area contributed by atoms with Crippen molar-refractivity contribution in [2.45, 2.75) is 209 Å². The first-order valence-electron chi connectivity index (χ1n) is 26.4. The van der Waals surface area contributed by atoms with Gasteiger partial charge in [-0.1, -0.05) is 251 Å². The standard InChI is InChI=1S/C68H91O3P/c1-61(2,3)43-27-33-48(54(37-43)65(13,14)15)52-41-53(49-34-28-44(62(4,5)6)38-55(49)66(16,17)18)59(50-35-29-45(63(7,8)9)39-56(50)67(19,20)21)60(58(52)42-25-31-47(32-26-42)71-72(69)70)51-36-30-46(64(10,11)12)40-57(51)68(22,23)24/h25-41,69-70H,1-24H3. The summed E-state index contributed by atoms with van der Waals surface area (Å²) in [4.78, 5) is 20.1. The highest BCUT2D eigenvalue weighted by molar-refractivity contribution is 7.39. The highest BCUT2D eigenvalue weighted by Gasteiger charge is 2.35. The second kappa shape index (κ2) is 19.3. The van der Waals surface area contributed by atoms with Gasteiger partial charge in [-0.2, -0.15) is 0 Å². The molecule has 0 heterocycles.